The highest BCUT2D eigenvalue weighted by atomic mass is 35.5. The molecule has 1 aliphatic rings. The van der Waals surface area contributed by atoms with Gasteiger partial charge in [0, 0.05) is 17.3 Å². The van der Waals surface area contributed by atoms with Crippen LogP contribution in [0.3, 0.4) is 0 Å². The van der Waals surface area contributed by atoms with E-state index in [1.165, 1.54) is 12.1 Å². The zero-order valence-electron chi connectivity index (χ0n) is 13.3. The Morgan fingerprint density at radius 1 is 1.12 bits per heavy atom. The maximum absolute atomic E-state index is 13.1. The van der Waals surface area contributed by atoms with Crippen LogP contribution in [0.2, 0.25) is 5.02 Å². The smallest absolute Gasteiger partial charge is 0.177 e. The Hall–Kier alpha value is -2.44. The van der Waals surface area contributed by atoms with Gasteiger partial charge in [-0.2, -0.15) is 0 Å². The summed E-state index contributed by atoms with van der Waals surface area (Å²) < 4.78 is 20.7. The van der Waals surface area contributed by atoms with E-state index >= 15 is 0 Å². The first-order chi connectivity index (χ1) is 12.2. The molecule has 1 saturated heterocycles. The first-order valence-electron chi connectivity index (χ1n) is 7.97. The van der Waals surface area contributed by atoms with Gasteiger partial charge in [0.25, 0.3) is 0 Å². The van der Waals surface area contributed by atoms with Gasteiger partial charge in [0.05, 0.1) is 19.3 Å². The van der Waals surface area contributed by atoms with Gasteiger partial charge in [0.1, 0.15) is 11.5 Å². The number of hydrogen-bond acceptors (Lipinski definition) is 4. The molecule has 0 radical (unpaired) electrons. The van der Waals surface area contributed by atoms with E-state index in [9.17, 15) is 4.39 Å². The molecular weight excluding hydrogens is 343 g/mol. The normalized spacial score (nSPS) is 17.2. The minimum atomic E-state index is -0.315. The first kappa shape index (κ1) is 16.1. The fourth-order valence-corrected chi connectivity index (χ4v) is 3.02. The molecule has 0 spiro atoms. The number of ether oxygens (including phenoxy) is 1. The molecule has 0 bridgehead atoms. The van der Waals surface area contributed by atoms with Crippen LogP contribution in [0.25, 0.3) is 0 Å². The number of aromatic nitrogens is 3. The zero-order chi connectivity index (χ0) is 17.2. The number of halogens is 2. The van der Waals surface area contributed by atoms with Crippen LogP contribution in [0.5, 0.6) is 0 Å². The van der Waals surface area contributed by atoms with Crippen LogP contribution in [0.4, 0.5) is 10.1 Å². The van der Waals surface area contributed by atoms with Crippen LogP contribution in [0.15, 0.2) is 54.7 Å². The van der Waals surface area contributed by atoms with Crippen molar-refractivity contribution >= 4 is 17.3 Å². The highest BCUT2D eigenvalue weighted by Gasteiger charge is 2.29. The van der Waals surface area contributed by atoms with Gasteiger partial charge in [-0.1, -0.05) is 28.9 Å². The Bertz CT molecular complexity index is 850. The van der Waals surface area contributed by atoms with Crippen LogP contribution in [0, 0.1) is 5.82 Å². The quantitative estimate of drug-likeness (QED) is 0.714. The zero-order valence-corrected chi connectivity index (χ0v) is 14.1. The Labute approximate surface area is 149 Å². The predicted octanol–water partition coefficient (Wildman–Crippen LogP) is 3.65. The van der Waals surface area contributed by atoms with Crippen molar-refractivity contribution < 1.29 is 9.13 Å². The molecule has 128 valence electrons. The molecule has 4 rings (SSSR count). The molecule has 0 amide bonds. The average Bonchev–Trinajstić information content (AvgIpc) is 3.27. The van der Waals surface area contributed by atoms with E-state index in [4.69, 9.17) is 16.3 Å². The van der Waals surface area contributed by atoms with E-state index < -0.39 is 0 Å². The average molecular weight is 359 g/mol. The van der Waals surface area contributed by atoms with Crippen LogP contribution in [-0.4, -0.2) is 28.1 Å². The second-order valence-electron chi connectivity index (χ2n) is 5.86. The Morgan fingerprint density at radius 2 is 1.88 bits per heavy atom. The summed E-state index contributed by atoms with van der Waals surface area (Å²) in [6.07, 6.45) is 1.56. The monoisotopic (exact) mass is 358 g/mol. The Morgan fingerprint density at radius 3 is 2.64 bits per heavy atom. The van der Waals surface area contributed by atoms with Gasteiger partial charge in [-0.25, -0.2) is 9.07 Å². The van der Waals surface area contributed by atoms with Crippen molar-refractivity contribution in [3.05, 3.63) is 76.8 Å². The third kappa shape index (κ3) is 3.50. The summed E-state index contributed by atoms with van der Waals surface area (Å²) in [4.78, 5) is 2.05. The van der Waals surface area contributed by atoms with E-state index in [2.05, 4.69) is 15.2 Å². The molecule has 0 saturated carbocycles. The van der Waals surface area contributed by atoms with Crippen molar-refractivity contribution in [2.75, 3.05) is 18.1 Å². The molecular formula is C18H16ClFN4O. The largest absolute Gasteiger partial charge is 0.350 e. The van der Waals surface area contributed by atoms with Crippen molar-refractivity contribution in [3.8, 4) is 0 Å². The van der Waals surface area contributed by atoms with Crippen LogP contribution in [-0.2, 0) is 11.3 Å². The number of nitrogens with zero attached hydrogens (tertiary/aromatic N) is 4. The highest BCUT2D eigenvalue weighted by Crippen LogP contribution is 2.31. The van der Waals surface area contributed by atoms with Crippen molar-refractivity contribution in [2.45, 2.75) is 12.8 Å². The SMILES string of the molecule is Fc1ccc(N2CCO[C@@H]2c2cn(Cc3ccc(Cl)cc3)nn2)cc1. The lowest BCUT2D eigenvalue weighted by molar-refractivity contribution is 0.110. The summed E-state index contributed by atoms with van der Waals surface area (Å²) in [5.74, 6) is -0.255. The second kappa shape index (κ2) is 6.82. The number of hydrogen-bond donors (Lipinski definition) is 0. The number of rotatable bonds is 4. The lowest BCUT2D eigenvalue weighted by Crippen LogP contribution is -2.23. The van der Waals surface area contributed by atoms with Crippen molar-refractivity contribution in [2.24, 2.45) is 0 Å². The Balaban J connectivity index is 1.52. The summed E-state index contributed by atoms with van der Waals surface area (Å²) in [5.41, 5.74) is 2.72. The summed E-state index contributed by atoms with van der Waals surface area (Å²) in [6, 6.07) is 14.0. The molecule has 2 heterocycles. The van der Waals surface area contributed by atoms with Gasteiger partial charge in [-0.15, -0.1) is 5.10 Å². The van der Waals surface area contributed by atoms with Gasteiger partial charge >= 0.3 is 0 Å². The van der Waals surface area contributed by atoms with Crippen molar-refractivity contribution in [1.82, 2.24) is 15.0 Å². The molecule has 5 nitrogen and oxygen atoms in total. The number of anilines is 1. The molecule has 1 aliphatic heterocycles. The van der Waals surface area contributed by atoms with E-state index in [-0.39, 0.29) is 12.0 Å². The minimum absolute atomic E-state index is 0.255. The molecule has 3 aromatic rings. The number of benzene rings is 2. The standard InChI is InChI=1S/C18H16ClFN4O/c19-14-3-1-13(2-4-14)11-23-12-17(21-22-23)18-24(9-10-25-18)16-7-5-15(20)6-8-16/h1-8,12,18H,9-11H2/t18-/m1/s1. The molecule has 1 atom stereocenters. The molecule has 0 N–H and O–H groups in total. The lowest BCUT2D eigenvalue weighted by Gasteiger charge is -2.23. The van der Waals surface area contributed by atoms with Crippen LogP contribution in [0.1, 0.15) is 17.5 Å². The molecule has 25 heavy (non-hydrogen) atoms. The van der Waals surface area contributed by atoms with Gasteiger partial charge in [-0.05, 0) is 42.0 Å². The van der Waals surface area contributed by atoms with E-state index in [1.54, 1.807) is 16.8 Å². The second-order valence-corrected chi connectivity index (χ2v) is 6.30. The fraction of sp³-hybridized carbons (Fsp3) is 0.222. The van der Waals surface area contributed by atoms with Gasteiger partial charge < -0.3 is 9.64 Å². The Kier molecular flexibility index (Phi) is 4.38. The molecule has 1 aromatic heterocycles. The topological polar surface area (TPSA) is 43.2 Å². The lowest BCUT2D eigenvalue weighted by atomic mass is 10.2. The molecule has 0 unspecified atom stereocenters. The van der Waals surface area contributed by atoms with Crippen molar-refractivity contribution in [1.29, 1.82) is 0 Å². The van der Waals surface area contributed by atoms with E-state index in [0.29, 0.717) is 18.2 Å². The van der Waals surface area contributed by atoms with Gasteiger partial charge in [0.15, 0.2) is 6.23 Å². The van der Waals surface area contributed by atoms with Crippen molar-refractivity contribution in [3.63, 3.8) is 0 Å². The predicted molar refractivity (Wildman–Crippen MR) is 93.0 cm³/mol. The van der Waals surface area contributed by atoms with Gasteiger partial charge in [-0.3, -0.25) is 0 Å². The van der Waals surface area contributed by atoms with Crippen LogP contribution < -0.4 is 4.90 Å². The fourth-order valence-electron chi connectivity index (χ4n) is 2.89. The third-order valence-corrected chi connectivity index (χ3v) is 4.37. The van der Waals surface area contributed by atoms with Gasteiger partial charge in [0.2, 0.25) is 0 Å². The highest BCUT2D eigenvalue weighted by molar-refractivity contribution is 6.30. The first-order valence-corrected chi connectivity index (χ1v) is 8.35. The molecule has 7 heteroatoms. The minimum Gasteiger partial charge on any atom is -0.350 e. The third-order valence-electron chi connectivity index (χ3n) is 4.12. The maximum atomic E-state index is 13.1. The summed E-state index contributed by atoms with van der Waals surface area (Å²) in [5, 5.41) is 9.14. The van der Waals surface area contributed by atoms with E-state index in [1.807, 2.05) is 30.5 Å². The molecule has 1 fully saturated rings. The van der Waals surface area contributed by atoms with Crippen LogP contribution >= 0.6 is 11.6 Å². The summed E-state index contributed by atoms with van der Waals surface area (Å²) in [7, 11) is 0. The van der Waals surface area contributed by atoms with E-state index in [0.717, 1.165) is 23.5 Å². The molecule has 0 aliphatic carbocycles. The molecule has 2 aromatic carbocycles. The summed E-state index contributed by atoms with van der Waals surface area (Å²) in [6.45, 7) is 1.92. The maximum Gasteiger partial charge on any atom is 0.177 e. The summed E-state index contributed by atoms with van der Waals surface area (Å²) >= 11 is 5.91.